The third-order valence-electron chi connectivity index (χ3n) is 5.35. The highest BCUT2D eigenvalue weighted by molar-refractivity contribution is 7.92. The van der Waals surface area contributed by atoms with Gasteiger partial charge in [-0.3, -0.25) is 13.9 Å². The molecule has 1 N–H and O–H groups in total. The number of rotatable bonds is 12. The lowest BCUT2D eigenvalue weighted by Crippen LogP contribution is -2.53. The summed E-state index contributed by atoms with van der Waals surface area (Å²) in [4.78, 5) is 28.1. The molecular formula is C25H35N3O6S. The van der Waals surface area contributed by atoms with Crippen LogP contribution in [0.2, 0.25) is 0 Å². The van der Waals surface area contributed by atoms with E-state index in [0.29, 0.717) is 12.2 Å². The van der Waals surface area contributed by atoms with E-state index in [-0.39, 0.29) is 29.9 Å². The molecule has 0 fully saturated rings. The number of carbonyl (C=O) groups is 2. The Bertz CT molecular complexity index is 1110. The summed E-state index contributed by atoms with van der Waals surface area (Å²) in [5, 5.41) is 2.86. The van der Waals surface area contributed by atoms with Gasteiger partial charge in [0.15, 0.2) is 0 Å². The molecule has 1 atom stereocenters. The molecule has 0 aliphatic heterocycles. The number of hydrogen-bond acceptors (Lipinski definition) is 6. The largest absolute Gasteiger partial charge is 0.497 e. The van der Waals surface area contributed by atoms with Gasteiger partial charge in [-0.05, 0) is 38.0 Å². The monoisotopic (exact) mass is 505 g/mol. The van der Waals surface area contributed by atoms with E-state index in [1.165, 1.54) is 25.2 Å². The van der Waals surface area contributed by atoms with Crippen LogP contribution in [0.15, 0.2) is 48.5 Å². The molecule has 0 saturated carbocycles. The summed E-state index contributed by atoms with van der Waals surface area (Å²) in [7, 11) is -1.02. The zero-order chi connectivity index (χ0) is 26.2. The van der Waals surface area contributed by atoms with Gasteiger partial charge in [0.25, 0.3) is 0 Å². The second kappa shape index (κ2) is 12.4. The van der Waals surface area contributed by atoms with Crippen LogP contribution in [0, 0.1) is 0 Å². The smallest absolute Gasteiger partial charge is 0.244 e. The first-order valence-corrected chi connectivity index (χ1v) is 13.2. The summed E-state index contributed by atoms with van der Waals surface area (Å²) in [5.74, 6) is -0.138. The van der Waals surface area contributed by atoms with Gasteiger partial charge in [-0.15, -0.1) is 0 Å². The maximum atomic E-state index is 13.7. The van der Waals surface area contributed by atoms with Gasteiger partial charge in [0.05, 0.1) is 26.2 Å². The maximum absolute atomic E-state index is 13.7. The van der Waals surface area contributed by atoms with Crippen molar-refractivity contribution in [3.05, 3.63) is 54.1 Å². The van der Waals surface area contributed by atoms with E-state index in [0.717, 1.165) is 16.1 Å². The fourth-order valence-electron chi connectivity index (χ4n) is 3.67. The molecule has 0 aliphatic carbocycles. The highest BCUT2D eigenvalue weighted by Crippen LogP contribution is 2.34. The first kappa shape index (κ1) is 28.0. The molecule has 0 spiro atoms. The van der Waals surface area contributed by atoms with Crippen molar-refractivity contribution in [1.82, 2.24) is 10.2 Å². The summed E-state index contributed by atoms with van der Waals surface area (Å²) in [6.07, 6.45) is 1.38. The number of benzene rings is 2. The predicted octanol–water partition coefficient (Wildman–Crippen LogP) is 2.80. The lowest BCUT2D eigenvalue weighted by atomic mass is 10.1. The van der Waals surface area contributed by atoms with Gasteiger partial charge in [-0.2, -0.15) is 0 Å². The lowest BCUT2D eigenvalue weighted by Gasteiger charge is -2.33. The van der Waals surface area contributed by atoms with Crippen LogP contribution in [-0.4, -0.2) is 64.2 Å². The summed E-state index contributed by atoms with van der Waals surface area (Å²) < 4.78 is 37.2. The zero-order valence-corrected chi connectivity index (χ0v) is 22.0. The Balaban J connectivity index is 2.51. The Hall–Kier alpha value is -3.27. The maximum Gasteiger partial charge on any atom is 0.244 e. The molecule has 0 unspecified atom stereocenters. The number of nitrogens with zero attached hydrogens (tertiary/aromatic N) is 2. The Morgan fingerprint density at radius 3 is 2.20 bits per heavy atom. The first-order chi connectivity index (χ1) is 16.5. The molecule has 0 aromatic heterocycles. The van der Waals surface area contributed by atoms with Gasteiger partial charge in [-0.25, -0.2) is 8.42 Å². The molecule has 0 radical (unpaired) electrons. The molecule has 35 heavy (non-hydrogen) atoms. The molecule has 0 saturated heterocycles. The Morgan fingerprint density at radius 1 is 1.03 bits per heavy atom. The number of ether oxygens (including phenoxy) is 2. The second-order valence-electron chi connectivity index (χ2n) is 8.40. The van der Waals surface area contributed by atoms with Crippen molar-refractivity contribution >= 4 is 27.5 Å². The van der Waals surface area contributed by atoms with Gasteiger partial charge in [-0.1, -0.05) is 37.3 Å². The summed E-state index contributed by atoms with van der Waals surface area (Å²) >= 11 is 0. The van der Waals surface area contributed by atoms with E-state index in [1.54, 1.807) is 12.1 Å². The van der Waals surface area contributed by atoms with Crippen LogP contribution < -0.4 is 19.1 Å². The van der Waals surface area contributed by atoms with Crippen molar-refractivity contribution < 1.29 is 27.5 Å². The summed E-state index contributed by atoms with van der Waals surface area (Å²) in [6.45, 7) is 5.13. The molecule has 2 aromatic rings. The average molecular weight is 506 g/mol. The van der Waals surface area contributed by atoms with Gasteiger partial charge < -0.3 is 19.7 Å². The van der Waals surface area contributed by atoms with Crippen molar-refractivity contribution in [3.63, 3.8) is 0 Å². The van der Waals surface area contributed by atoms with Crippen LogP contribution in [-0.2, 0) is 26.2 Å². The quantitative estimate of drug-likeness (QED) is 0.476. The number of sulfonamides is 1. The minimum absolute atomic E-state index is 0.112. The third kappa shape index (κ3) is 7.61. The predicted molar refractivity (Wildman–Crippen MR) is 136 cm³/mol. The van der Waals surface area contributed by atoms with Crippen LogP contribution in [0.4, 0.5) is 5.69 Å². The van der Waals surface area contributed by atoms with Crippen LogP contribution in [0.25, 0.3) is 0 Å². The topological polar surface area (TPSA) is 105 Å². The molecule has 0 heterocycles. The SMILES string of the molecule is CC[C@@H](C(=O)NC(C)C)N(Cc1ccccc1)C(=O)CN(c1cc(OC)ccc1OC)S(C)(=O)=O. The van der Waals surface area contributed by atoms with Crippen molar-refractivity contribution in [3.8, 4) is 11.5 Å². The van der Waals surface area contributed by atoms with E-state index in [2.05, 4.69) is 5.32 Å². The van der Waals surface area contributed by atoms with Crippen molar-refractivity contribution in [2.45, 2.75) is 45.8 Å². The number of anilines is 1. The minimum atomic E-state index is -3.90. The zero-order valence-electron chi connectivity index (χ0n) is 21.1. The number of amides is 2. The number of nitrogens with one attached hydrogen (secondary N) is 1. The van der Waals surface area contributed by atoms with E-state index in [4.69, 9.17) is 9.47 Å². The standard InChI is InChI=1S/C25H35N3O6S/c1-7-21(25(30)26-18(2)3)27(16-19-11-9-8-10-12-19)24(29)17-28(35(6,31)32)22-15-20(33-4)13-14-23(22)34-5/h8-15,18,21H,7,16-17H2,1-6H3,(H,26,30)/t21-/m0/s1. The Morgan fingerprint density at radius 2 is 1.69 bits per heavy atom. The molecule has 2 aromatic carbocycles. The minimum Gasteiger partial charge on any atom is -0.497 e. The summed E-state index contributed by atoms with van der Waals surface area (Å²) in [5.41, 5.74) is 0.989. The van der Waals surface area contributed by atoms with E-state index < -0.39 is 28.5 Å². The van der Waals surface area contributed by atoms with Crippen LogP contribution in [0.3, 0.4) is 0 Å². The third-order valence-corrected chi connectivity index (χ3v) is 6.47. The molecule has 2 amide bonds. The van der Waals surface area contributed by atoms with Crippen LogP contribution in [0.1, 0.15) is 32.8 Å². The highest BCUT2D eigenvalue weighted by Gasteiger charge is 2.32. The van der Waals surface area contributed by atoms with Gasteiger partial charge in [0.2, 0.25) is 21.8 Å². The second-order valence-corrected chi connectivity index (χ2v) is 10.3. The highest BCUT2D eigenvalue weighted by atomic mass is 32.2. The molecule has 9 nitrogen and oxygen atoms in total. The van der Waals surface area contributed by atoms with E-state index in [9.17, 15) is 18.0 Å². The van der Waals surface area contributed by atoms with Gasteiger partial charge in [0.1, 0.15) is 24.1 Å². The van der Waals surface area contributed by atoms with Gasteiger partial charge >= 0.3 is 0 Å². The fourth-order valence-corrected chi connectivity index (χ4v) is 4.51. The average Bonchev–Trinajstić information content (AvgIpc) is 2.81. The molecule has 0 bridgehead atoms. The Labute approximate surface area is 208 Å². The van der Waals surface area contributed by atoms with E-state index >= 15 is 0 Å². The fraction of sp³-hybridized carbons (Fsp3) is 0.440. The molecule has 192 valence electrons. The molecule has 10 heteroatoms. The van der Waals surface area contributed by atoms with Gasteiger partial charge in [0, 0.05) is 18.7 Å². The lowest BCUT2D eigenvalue weighted by molar-refractivity contribution is -0.140. The number of hydrogen-bond donors (Lipinski definition) is 1. The van der Waals surface area contributed by atoms with Crippen LogP contribution >= 0.6 is 0 Å². The summed E-state index contributed by atoms with van der Waals surface area (Å²) in [6, 6.07) is 13.1. The van der Waals surface area contributed by atoms with Crippen molar-refractivity contribution in [2.24, 2.45) is 0 Å². The molecule has 0 aliphatic rings. The first-order valence-electron chi connectivity index (χ1n) is 11.3. The Kier molecular flexibility index (Phi) is 9.94. The normalized spacial score (nSPS) is 12.1. The number of methoxy groups -OCH3 is 2. The van der Waals surface area contributed by atoms with Crippen molar-refractivity contribution in [2.75, 3.05) is 31.3 Å². The van der Waals surface area contributed by atoms with Crippen LogP contribution in [0.5, 0.6) is 11.5 Å². The molecule has 2 rings (SSSR count). The van der Waals surface area contributed by atoms with Crippen molar-refractivity contribution in [1.29, 1.82) is 0 Å². The van der Waals surface area contributed by atoms with E-state index in [1.807, 2.05) is 51.1 Å². The number of carbonyl (C=O) groups excluding carboxylic acids is 2. The molecular weight excluding hydrogens is 470 g/mol.